The normalized spacial score (nSPS) is 10.9. The van der Waals surface area contributed by atoms with Crippen molar-refractivity contribution in [2.75, 3.05) is 12.4 Å². The molecule has 0 bridgehead atoms. The number of benzene rings is 2. The van der Waals surface area contributed by atoms with Crippen LogP contribution in [0.3, 0.4) is 0 Å². The van der Waals surface area contributed by atoms with Gasteiger partial charge in [0.1, 0.15) is 22.2 Å². The maximum absolute atomic E-state index is 11.0. The van der Waals surface area contributed by atoms with Crippen molar-refractivity contribution in [3.8, 4) is 16.9 Å². The Morgan fingerprint density at radius 2 is 1.93 bits per heavy atom. The minimum Gasteiger partial charge on any atom is -0.497 e. The number of halogens is 1. The molecule has 0 amide bonds. The molecular formula is C20H15ClN4O3S. The van der Waals surface area contributed by atoms with E-state index in [1.807, 2.05) is 36.6 Å². The number of methoxy groups -OCH3 is 1. The maximum atomic E-state index is 11.0. The Morgan fingerprint density at radius 1 is 1.17 bits per heavy atom. The Labute approximate surface area is 175 Å². The Balaban J connectivity index is 1.81. The average molecular weight is 427 g/mol. The van der Waals surface area contributed by atoms with Gasteiger partial charge in [0.15, 0.2) is 0 Å². The number of nitrogens with zero attached hydrogens (tertiary/aromatic N) is 3. The zero-order valence-corrected chi connectivity index (χ0v) is 17.0. The van der Waals surface area contributed by atoms with Gasteiger partial charge < -0.3 is 10.1 Å². The molecule has 146 valence electrons. The third-order valence-electron chi connectivity index (χ3n) is 4.36. The number of nitro benzene ring substituents is 1. The van der Waals surface area contributed by atoms with E-state index in [4.69, 9.17) is 16.3 Å². The number of fused-ring (bicyclic) bond motifs is 1. The summed E-state index contributed by atoms with van der Waals surface area (Å²) in [6.07, 6.45) is 0. The van der Waals surface area contributed by atoms with Gasteiger partial charge in [-0.05, 0) is 30.7 Å². The molecule has 9 heteroatoms. The molecule has 2 heterocycles. The first-order chi connectivity index (χ1) is 14.0. The number of ether oxygens (including phenoxy) is 1. The SMILES string of the molecule is COc1ccc(-c2csc3nc(C)nc(Nc4ccc([N+](=O)[O-])cc4Cl)c23)cc1. The van der Waals surface area contributed by atoms with E-state index in [2.05, 4.69) is 15.3 Å². The van der Waals surface area contributed by atoms with Crippen LogP contribution >= 0.6 is 22.9 Å². The van der Waals surface area contributed by atoms with E-state index in [9.17, 15) is 10.1 Å². The quantitative estimate of drug-likeness (QED) is 0.312. The lowest BCUT2D eigenvalue weighted by Gasteiger charge is -2.11. The van der Waals surface area contributed by atoms with Crippen molar-refractivity contribution in [2.24, 2.45) is 0 Å². The molecule has 0 aliphatic heterocycles. The van der Waals surface area contributed by atoms with Crippen LogP contribution in [0.15, 0.2) is 47.8 Å². The molecule has 0 saturated heterocycles. The summed E-state index contributed by atoms with van der Waals surface area (Å²) in [5.74, 6) is 1.98. The molecule has 0 radical (unpaired) electrons. The lowest BCUT2D eigenvalue weighted by molar-refractivity contribution is -0.384. The fourth-order valence-electron chi connectivity index (χ4n) is 2.97. The summed E-state index contributed by atoms with van der Waals surface area (Å²) in [5, 5.41) is 17.3. The zero-order valence-electron chi connectivity index (χ0n) is 15.5. The first-order valence-electron chi connectivity index (χ1n) is 8.57. The number of anilines is 2. The molecule has 4 rings (SSSR count). The fraction of sp³-hybridized carbons (Fsp3) is 0.100. The molecule has 2 aromatic carbocycles. The molecule has 7 nitrogen and oxygen atoms in total. The van der Waals surface area contributed by atoms with Crippen molar-refractivity contribution < 1.29 is 9.66 Å². The van der Waals surface area contributed by atoms with Crippen LogP contribution in [0, 0.1) is 17.0 Å². The van der Waals surface area contributed by atoms with Crippen LogP contribution in [0.4, 0.5) is 17.2 Å². The molecule has 29 heavy (non-hydrogen) atoms. The van der Waals surface area contributed by atoms with E-state index < -0.39 is 4.92 Å². The molecular weight excluding hydrogens is 412 g/mol. The van der Waals surface area contributed by atoms with Gasteiger partial charge in [0.25, 0.3) is 5.69 Å². The van der Waals surface area contributed by atoms with E-state index in [-0.39, 0.29) is 10.7 Å². The van der Waals surface area contributed by atoms with Gasteiger partial charge in [-0.15, -0.1) is 11.3 Å². The second kappa shape index (κ2) is 7.65. The van der Waals surface area contributed by atoms with Crippen LogP contribution in [0.5, 0.6) is 5.75 Å². The minimum absolute atomic E-state index is 0.0704. The third kappa shape index (κ3) is 3.72. The highest BCUT2D eigenvalue weighted by atomic mass is 35.5. The van der Waals surface area contributed by atoms with Gasteiger partial charge in [-0.25, -0.2) is 9.97 Å². The van der Waals surface area contributed by atoms with E-state index in [1.165, 1.54) is 23.5 Å². The summed E-state index contributed by atoms with van der Waals surface area (Å²) in [6, 6.07) is 12.0. The molecule has 4 aromatic rings. The lowest BCUT2D eigenvalue weighted by atomic mass is 10.1. The van der Waals surface area contributed by atoms with Crippen LogP contribution in [0.25, 0.3) is 21.3 Å². The Kier molecular flexibility index (Phi) is 5.04. The monoisotopic (exact) mass is 426 g/mol. The van der Waals surface area contributed by atoms with E-state index >= 15 is 0 Å². The maximum Gasteiger partial charge on any atom is 0.271 e. The van der Waals surface area contributed by atoms with Crippen LogP contribution in [0.2, 0.25) is 5.02 Å². The molecule has 0 spiro atoms. The van der Waals surface area contributed by atoms with E-state index in [0.717, 1.165) is 27.1 Å². The zero-order chi connectivity index (χ0) is 20.5. The molecule has 0 aliphatic rings. The number of nitrogens with one attached hydrogen (secondary N) is 1. The second-order valence-electron chi connectivity index (χ2n) is 6.22. The predicted octanol–water partition coefficient (Wildman–Crippen LogP) is 5.98. The Bertz CT molecular complexity index is 1220. The summed E-state index contributed by atoms with van der Waals surface area (Å²) in [5.41, 5.74) is 2.44. The van der Waals surface area contributed by atoms with Crippen LogP contribution in [-0.2, 0) is 0 Å². The van der Waals surface area contributed by atoms with Gasteiger partial charge in [0.05, 0.1) is 28.1 Å². The molecule has 0 saturated carbocycles. The van der Waals surface area contributed by atoms with Crippen LogP contribution in [-0.4, -0.2) is 22.0 Å². The van der Waals surface area contributed by atoms with Crippen LogP contribution in [0.1, 0.15) is 5.82 Å². The second-order valence-corrected chi connectivity index (χ2v) is 7.49. The van der Waals surface area contributed by atoms with Gasteiger partial charge >= 0.3 is 0 Å². The molecule has 0 fully saturated rings. The number of non-ortho nitro benzene ring substituents is 1. The molecule has 0 aliphatic carbocycles. The summed E-state index contributed by atoms with van der Waals surface area (Å²) < 4.78 is 5.24. The number of hydrogen-bond acceptors (Lipinski definition) is 7. The van der Waals surface area contributed by atoms with Crippen molar-refractivity contribution in [2.45, 2.75) is 6.92 Å². The van der Waals surface area contributed by atoms with Crippen molar-refractivity contribution in [1.29, 1.82) is 0 Å². The van der Waals surface area contributed by atoms with Crippen molar-refractivity contribution in [3.63, 3.8) is 0 Å². The number of aryl methyl sites for hydroxylation is 1. The summed E-state index contributed by atoms with van der Waals surface area (Å²) >= 11 is 7.78. The third-order valence-corrected chi connectivity index (χ3v) is 5.55. The largest absolute Gasteiger partial charge is 0.497 e. The highest BCUT2D eigenvalue weighted by Crippen LogP contribution is 2.39. The highest BCUT2D eigenvalue weighted by Gasteiger charge is 2.17. The standard InChI is InChI=1S/C20H15ClN4O3S/c1-11-22-19(24-17-8-5-13(25(26)27)9-16(17)21)18-15(10-29-20(18)23-11)12-3-6-14(28-2)7-4-12/h3-10H,1-2H3,(H,22,23,24). The topological polar surface area (TPSA) is 90.2 Å². The van der Waals surface area contributed by atoms with Gasteiger partial charge in [0, 0.05) is 23.1 Å². The number of nitro groups is 1. The van der Waals surface area contributed by atoms with Gasteiger partial charge in [-0.3, -0.25) is 10.1 Å². The molecule has 1 N–H and O–H groups in total. The minimum atomic E-state index is -0.483. The predicted molar refractivity (Wildman–Crippen MR) is 116 cm³/mol. The summed E-state index contributed by atoms with van der Waals surface area (Å²) in [6.45, 7) is 1.81. The van der Waals surface area contributed by atoms with Gasteiger partial charge in [0.2, 0.25) is 0 Å². The highest BCUT2D eigenvalue weighted by molar-refractivity contribution is 7.17. The molecule has 0 unspecified atom stereocenters. The molecule has 0 atom stereocenters. The number of thiophene rings is 1. The van der Waals surface area contributed by atoms with Gasteiger partial charge in [-0.2, -0.15) is 0 Å². The van der Waals surface area contributed by atoms with Crippen LogP contribution < -0.4 is 10.1 Å². The fourth-order valence-corrected chi connectivity index (χ4v) is 4.18. The smallest absolute Gasteiger partial charge is 0.271 e. The summed E-state index contributed by atoms with van der Waals surface area (Å²) in [7, 11) is 1.63. The number of rotatable bonds is 5. The molecule has 2 aromatic heterocycles. The van der Waals surface area contributed by atoms with Crippen molar-refractivity contribution in [1.82, 2.24) is 9.97 Å². The first kappa shape index (κ1) is 19.1. The average Bonchev–Trinajstić information content (AvgIpc) is 3.13. The first-order valence-corrected chi connectivity index (χ1v) is 9.83. The number of aromatic nitrogens is 2. The van der Waals surface area contributed by atoms with Gasteiger partial charge in [-0.1, -0.05) is 23.7 Å². The Morgan fingerprint density at radius 3 is 2.59 bits per heavy atom. The lowest BCUT2D eigenvalue weighted by Crippen LogP contribution is -1.99. The van der Waals surface area contributed by atoms with Crippen molar-refractivity contribution in [3.05, 3.63) is 68.8 Å². The van der Waals surface area contributed by atoms with Crippen molar-refractivity contribution >= 4 is 50.3 Å². The van der Waals surface area contributed by atoms with E-state index in [1.54, 1.807) is 13.2 Å². The Hall–Kier alpha value is -3.23. The van der Waals surface area contributed by atoms with E-state index in [0.29, 0.717) is 17.3 Å². The number of hydrogen-bond donors (Lipinski definition) is 1. The summed E-state index contributed by atoms with van der Waals surface area (Å²) in [4.78, 5) is 20.4.